The van der Waals surface area contributed by atoms with Gasteiger partial charge in [0.25, 0.3) is 5.91 Å². The van der Waals surface area contributed by atoms with E-state index >= 15 is 0 Å². The Bertz CT molecular complexity index is 629. The Labute approximate surface area is 123 Å². The Morgan fingerprint density at radius 3 is 2.57 bits per heavy atom. The minimum absolute atomic E-state index is 0.0369. The number of nitrogens with two attached hydrogens (primary N) is 1. The summed E-state index contributed by atoms with van der Waals surface area (Å²) in [4.78, 5) is 20.9. The van der Waals surface area contributed by atoms with Crippen LogP contribution < -0.4 is 10.6 Å². The van der Waals surface area contributed by atoms with Crippen LogP contribution in [0.1, 0.15) is 10.5 Å². The fourth-order valence-corrected chi connectivity index (χ4v) is 2.64. The van der Waals surface area contributed by atoms with Gasteiger partial charge in [-0.05, 0) is 18.2 Å². The molecule has 0 atom stereocenters. The molecule has 3 rings (SSSR count). The third-order valence-corrected chi connectivity index (χ3v) is 3.79. The first kappa shape index (κ1) is 13.5. The molecule has 1 aliphatic rings. The Morgan fingerprint density at radius 1 is 1.24 bits per heavy atom. The Morgan fingerprint density at radius 2 is 2.00 bits per heavy atom. The minimum atomic E-state index is 0.0369. The molecule has 110 valence electrons. The van der Waals surface area contributed by atoms with E-state index in [-0.39, 0.29) is 5.91 Å². The molecule has 3 heterocycles. The van der Waals surface area contributed by atoms with Crippen molar-refractivity contribution in [3.63, 3.8) is 0 Å². The average Bonchev–Trinajstić information content (AvgIpc) is 2.86. The summed E-state index contributed by atoms with van der Waals surface area (Å²) >= 11 is 0. The van der Waals surface area contributed by atoms with Crippen LogP contribution in [0.5, 0.6) is 0 Å². The van der Waals surface area contributed by atoms with Gasteiger partial charge in [0.15, 0.2) is 0 Å². The molecule has 0 spiro atoms. The highest BCUT2D eigenvalue weighted by atomic mass is 16.2. The number of hydrogen-bond acceptors (Lipinski definition) is 4. The van der Waals surface area contributed by atoms with Crippen molar-refractivity contribution in [3.8, 4) is 0 Å². The Kier molecular flexibility index (Phi) is 3.51. The monoisotopic (exact) mass is 285 g/mol. The fraction of sp³-hybridized carbons (Fsp3) is 0.333. The predicted molar refractivity (Wildman–Crippen MR) is 82.2 cm³/mol. The number of nitrogens with zero attached hydrogens (tertiary/aromatic N) is 4. The molecule has 1 amide bonds. The summed E-state index contributed by atoms with van der Waals surface area (Å²) in [5.41, 5.74) is 6.99. The van der Waals surface area contributed by atoms with E-state index in [9.17, 15) is 4.79 Å². The standard InChI is InChI=1S/C15H19N5O/c1-18-11-12(16)10-13(18)15(21)20-8-6-19(7-9-20)14-4-2-3-5-17-14/h2-5,10-11H,6-9,16H2,1H3. The van der Waals surface area contributed by atoms with Gasteiger partial charge < -0.3 is 20.1 Å². The summed E-state index contributed by atoms with van der Waals surface area (Å²) < 4.78 is 1.78. The molecule has 0 unspecified atom stereocenters. The van der Waals surface area contributed by atoms with Crippen LogP contribution in [-0.4, -0.2) is 46.5 Å². The molecule has 1 fully saturated rings. The van der Waals surface area contributed by atoms with Gasteiger partial charge in [-0.15, -0.1) is 0 Å². The number of nitrogen functional groups attached to an aromatic ring is 1. The van der Waals surface area contributed by atoms with Crippen LogP contribution >= 0.6 is 0 Å². The molecular formula is C15H19N5O. The van der Waals surface area contributed by atoms with E-state index in [4.69, 9.17) is 5.73 Å². The zero-order chi connectivity index (χ0) is 14.8. The molecule has 2 N–H and O–H groups in total. The summed E-state index contributed by atoms with van der Waals surface area (Å²) in [6, 6.07) is 7.61. The smallest absolute Gasteiger partial charge is 0.270 e. The van der Waals surface area contributed by atoms with Gasteiger partial charge in [0.1, 0.15) is 11.5 Å². The van der Waals surface area contributed by atoms with Gasteiger partial charge in [-0.3, -0.25) is 4.79 Å². The largest absolute Gasteiger partial charge is 0.397 e. The molecule has 0 bridgehead atoms. The van der Waals surface area contributed by atoms with Gasteiger partial charge >= 0.3 is 0 Å². The molecular weight excluding hydrogens is 266 g/mol. The molecule has 0 radical (unpaired) electrons. The van der Waals surface area contributed by atoms with E-state index in [2.05, 4.69) is 9.88 Å². The number of piperazine rings is 1. The van der Waals surface area contributed by atoms with Gasteiger partial charge in [0, 0.05) is 45.6 Å². The van der Waals surface area contributed by atoms with Crippen LogP contribution in [0, 0.1) is 0 Å². The zero-order valence-corrected chi connectivity index (χ0v) is 12.1. The maximum absolute atomic E-state index is 12.5. The van der Waals surface area contributed by atoms with E-state index in [1.54, 1.807) is 23.0 Å². The molecule has 1 saturated heterocycles. The third-order valence-electron chi connectivity index (χ3n) is 3.79. The summed E-state index contributed by atoms with van der Waals surface area (Å²) in [6.07, 6.45) is 3.55. The lowest BCUT2D eigenvalue weighted by molar-refractivity contribution is 0.0737. The lowest BCUT2D eigenvalue weighted by Gasteiger charge is -2.35. The van der Waals surface area contributed by atoms with E-state index in [1.807, 2.05) is 30.1 Å². The van der Waals surface area contributed by atoms with Crippen molar-refractivity contribution in [3.05, 3.63) is 42.4 Å². The van der Waals surface area contributed by atoms with Crippen LogP contribution in [0.2, 0.25) is 0 Å². The average molecular weight is 285 g/mol. The summed E-state index contributed by atoms with van der Waals surface area (Å²) in [5, 5.41) is 0. The van der Waals surface area contributed by atoms with Crippen molar-refractivity contribution >= 4 is 17.4 Å². The number of pyridine rings is 1. The fourth-order valence-electron chi connectivity index (χ4n) is 2.64. The Hall–Kier alpha value is -2.50. The van der Waals surface area contributed by atoms with Crippen LogP contribution in [0.15, 0.2) is 36.7 Å². The summed E-state index contributed by atoms with van der Waals surface area (Å²) in [5.74, 6) is 1.00. The van der Waals surface area contributed by atoms with Crippen LogP contribution in [0.25, 0.3) is 0 Å². The summed E-state index contributed by atoms with van der Waals surface area (Å²) in [7, 11) is 1.84. The molecule has 0 aromatic carbocycles. The number of rotatable bonds is 2. The predicted octanol–water partition coefficient (Wildman–Crippen LogP) is 0.965. The first-order valence-corrected chi connectivity index (χ1v) is 7.02. The highest BCUT2D eigenvalue weighted by Gasteiger charge is 2.24. The number of aryl methyl sites for hydroxylation is 1. The van der Waals surface area contributed by atoms with Gasteiger partial charge in [-0.25, -0.2) is 4.98 Å². The molecule has 6 heteroatoms. The van der Waals surface area contributed by atoms with Crippen molar-refractivity contribution < 1.29 is 4.79 Å². The second-order valence-corrected chi connectivity index (χ2v) is 5.24. The van der Waals surface area contributed by atoms with E-state index in [0.717, 1.165) is 18.9 Å². The van der Waals surface area contributed by atoms with Gasteiger partial charge in [0.2, 0.25) is 0 Å². The number of amides is 1. The van der Waals surface area contributed by atoms with E-state index < -0.39 is 0 Å². The molecule has 21 heavy (non-hydrogen) atoms. The highest BCUT2D eigenvalue weighted by molar-refractivity contribution is 5.94. The topological polar surface area (TPSA) is 67.4 Å². The molecule has 1 aliphatic heterocycles. The van der Waals surface area contributed by atoms with Crippen molar-refractivity contribution in [2.45, 2.75) is 0 Å². The number of carbonyl (C=O) groups excluding carboxylic acids is 1. The molecule has 2 aromatic heterocycles. The van der Waals surface area contributed by atoms with Crippen molar-refractivity contribution in [1.29, 1.82) is 0 Å². The molecule has 0 aliphatic carbocycles. The second kappa shape index (κ2) is 5.47. The molecule has 6 nitrogen and oxygen atoms in total. The van der Waals surface area contributed by atoms with Gasteiger partial charge in [0.05, 0.1) is 5.69 Å². The maximum atomic E-state index is 12.5. The molecule has 0 saturated carbocycles. The van der Waals surface area contributed by atoms with Crippen molar-refractivity contribution in [2.75, 3.05) is 36.8 Å². The SMILES string of the molecule is Cn1cc(N)cc1C(=O)N1CCN(c2ccccn2)CC1. The minimum Gasteiger partial charge on any atom is -0.397 e. The van der Waals surface area contributed by atoms with Gasteiger partial charge in [-0.1, -0.05) is 6.07 Å². The number of anilines is 2. The van der Waals surface area contributed by atoms with Crippen LogP contribution in [-0.2, 0) is 7.05 Å². The van der Waals surface area contributed by atoms with Crippen molar-refractivity contribution in [1.82, 2.24) is 14.5 Å². The first-order chi connectivity index (χ1) is 10.1. The normalized spacial score (nSPS) is 15.3. The summed E-state index contributed by atoms with van der Waals surface area (Å²) in [6.45, 7) is 2.98. The van der Waals surface area contributed by atoms with Crippen molar-refractivity contribution in [2.24, 2.45) is 7.05 Å². The first-order valence-electron chi connectivity index (χ1n) is 7.02. The number of hydrogen-bond donors (Lipinski definition) is 1. The zero-order valence-electron chi connectivity index (χ0n) is 12.1. The van der Waals surface area contributed by atoms with E-state index in [1.165, 1.54) is 0 Å². The maximum Gasteiger partial charge on any atom is 0.270 e. The number of carbonyl (C=O) groups is 1. The van der Waals surface area contributed by atoms with Crippen LogP contribution in [0.3, 0.4) is 0 Å². The third kappa shape index (κ3) is 2.69. The highest BCUT2D eigenvalue weighted by Crippen LogP contribution is 2.16. The molecule has 2 aromatic rings. The quantitative estimate of drug-likeness (QED) is 0.892. The second-order valence-electron chi connectivity index (χ2n) is 5.24. The Balaban J connectivity index is 1.66. The number of aromatic nitrogens is 2. The lowest BCUT2D eigenvalue weighted by atomic mass is 10.2. The lowest BCUT2D eigenvalue weighted by Crippen LogP contribution is -2.49. The van der Waals surface area contributed by atoms with Crippen LogP contribution in [0.4, 0.5) is 11.5 Å². The van der Waals surface area contributed by atoms with E-state index in [0.29, 0.717) is 24.5 Å². The van der Waals surface area contributed by atoms with Gasteiger partial charge in [-0.2, -0.15) is 0 Å².